The van der Waals surface area contributed by atoms with E-state index in [9.17, 15) is 0 Å². The van der Waals surface area contributed by atoms with Gasteiger partial charge in [0.25, 0.3) is 0 Å². The van der Waals surface area contributed by atoms with E-state index in [0.29, 0.717) is 12.5 Å². The minimum Gasteiger partial charge on any atom is -0.492 e. The Morgan fingerprint density at radius 2 is 2.10 bits per heavy atom. The number of nitrogens with zero attached hydrogens (tertiary/aromatic N) is 1. The van der Waals surface area contributed by atoms with E-state index in [0.717, 1.165) is 29.9 Å². The van der Waals surface area contributed by atoms with Crippen LogP contribution in [0.5, 0.6) is 5.75 Å². The molecule has 1 N–H and O–H groups in total. The fourth-order valence-electron chi connectivity index (χ4n) is 2.14. The van der Waals surface area contributed by atoms with E-state index in [2.05, 4.69) is 58.0 Å². The minimum absolute atomic E-state index is 0.669. The highest BCUT2D eigenvalue weighted by Crippen LogP contribution is 2.17. The third-order valence-electron chi connectivity index (χ3n) is 3.18. The molecule has 21 heavy (non-hydrogen) atoms. The molecule has 0 spiro atoms. The monoisotopic (exact) mass is 350 g/mol. The van der Waals surface area contributed by atoms with Gasteiger partial charge in [0, 0.05) is 22.9 Å². The van der Waals surface area contributed by atoms with Gasteiger partial charge in [0.1, 0.15) is 12.4 Å². The van der Waals surface area contributed by atoms with Crippen molar-refractivity contribution >= 4 is 15.9 Å². The number of benzene rings is 1. The van der Waals surface area contributed by atoms with E-state index < -0.39 is 0 Å². The van der Waals surface area contributed by atoms with Crippen LogP contribution in [0.4, 0.5) is 0 Å². The number of hydrogen-bond donors (Lipinski definition) is 1. The Kier molecular flexibility index (Phi) is 6.33. The summed E-state index contributed by atoms with van der Waals surface area (Å²) in [7, 11) is 0. The SMILES string of the molecule is CC(C)CNCc1cccn1CCOc1cccc(Br)c1. The number of aromatic nitrogens is 1. The number of halogens is 1. The summed E-state index contributed by atoms with van der Waals surface area (Å²) in [5, 5.41) is 3.48. The van der Waals surface area contributed by atoms with Crippen molar-refractivity contribution in [3.05, 3.63) is 52.8 Å². The topological polar surface area (TPSA) is 26.2 Å². The quantitative estimate of drug-likeness (QED) is 0.776. The second-order valence-electron chi connectivity index (χ2n) is 5.52. The number of nitrogens with one attached hydrogen (secondary N) is 1. The molecule has 0 atom stereocenters. The van der Waals surface area contributed by atoms with Gasteiger partial charge in [0.05, 0.1) is 6.54 Å². The number of ether oxygens (including phenoxy) is 1. The number of hydrogen-bond acceptors (Lipinski definition) is 2. The van der Waals surface area contributed by atoms with Gasteiger partial charge in [-0.15, -0.1) is 0 Å². The second-order valence-corrected chi connectivity index (χ2v) is 6.44. The zero-order valence-electron chi connectivity index (χ0n) is 12.7. The summed E-state index contributed by atoms with van der Waals surface area (Å²) in [5.41, 5.74) is 1.30. The fourth-order valence-corrected chi connectivity index (χ4v) is 2.51. The smallest absolute Gasteiger partial charge is 0.120 e. The van der Waals surface area contributed by atoms with Crippen LogP contribution in [0.25, 0.3) is 0 Å². The highest BCUT2D eigenvalue weighted by molar-refractivity contribution is 9.10. The van der Waals surface area contributed by atoms with Gasteiger partial charge < -0.3 is 14.6 Å². The Labute approximate surface area is 135 Å². The third-order valence-corrected chi connectivity index (χ3v) is 3.67. The number of rotatable bonds is 8. The van der Waals surface area contributed by atoms with Gasteiger partial charge >= 0.3 is 0 Å². The van der Waals surface area contributed by atoms with Crippen molar-refractivity contribution in [2.45, 2.75) is 26.9 Å². The first-order valence-corrected chi connectivity index (χ1v) is 8.17. The minimum atomic E-state index is 0.669. The van der Waals surface area contributed by atoms with Crippen molar-refractivity contribution in [2.24, 2.45) is 5.92 Å². The van der Waals surface area contributed by atoms with Crippen LogP contribution in [0.15, 0.2) is 47.1 Å². The Morgan fingerprint density at radius 3 is 2.86 bits per heavy atom. The Bertz CT molecular complexity index is 551. The third kappa shape index (κ3) is 5.56. The molecule has 4 heteroatoms. The predicted molar refractivity (Wildman–Crippen MR) is 90.6 cm³/mol. The summed E-state index contributed by atoms with van der Waals surface area (Å²) in [6, 6.07) is 12.2. The van der Waals surface area contributed by atoms with Crippen molar-refractivity contribution in [1.29, 1.82) is 0 Å². The van der Waals surface area contributed by atoms with Gasteiger partial charge in [0.15, 0.2) is 0 Å². The Hall–Kier alpha value is -1.26. The molecule has 0 fully saturated rings. The molecule has 3 nitrogen and oxygen atoms in total. The first kappa shape index (κ1) is 16.1. The van der Waals surface area contributed by atoms with Gasteiger partial charge in [-0.05, 0) is 42.8 Å². The van der Waals surface area contributed by atoms with Gasteiger partial charge in [-0.2, -0.15) is 0 Å². The van der Waals surface area contributed by atoms with Crippen LogP contribution in [-0.4, -0.2) is 17.7 Å². The molecule has 0 radical (unpaired) electrons. The molecule has 0 unspecified atom stereocenters. The van der Waals surface area contributed by atoms with Crippen molar-refractivity contribution in [3.63, 3.8) is 0 Å². The molecule has 2 rings (SSSR count). The summed E-state index contributed by atoms with van der Waals surface area (Å²) in [4.78, 5) is 0. The molecule has 0 aliphatic carbocycles. The van der Waals surface area contributed by atoms with Crippen LogP contribution < -0.4 is 10.1 Å². The lowest BCUT2D eigenvalue weighted by Gasteiger charge is -2.12. The Morgan fingerprint density at radius 1 is 1.24 bits per heavy atom. The fraction of sp³-hybridized carbons (Fsp3) is 0.412. The van der Waals surface area contributed by atoms with Gasteiger partial charge in [-0.1, -0.05) is 35.8 Å². The zero-order chi connectivity index (χ0) is 15.1. The van der Waals surface area contributed by atoms with Gasteiger partial charge in [0.2, 0.25) is 0 Å². The van der Waals surface area contributed by atoms with Crippen LogP contribution >= 0.6 is 15.9 Å². The standard InChI is InChI=1S/C17H23BrN2O/c1-14(2)12-19-13-16-6-4-8-20(16)9-10-21-17-7-3-5-15(18)11-17/h3-8,11,14,19H,9-10,12-13H2,1-2H3. The molecule has 1 heterocycles. The average molecular weight is 351 g/mol. The molecule has 0 saturated heterocycles. The van der Waals surface area contributed by atoms with E-state index in [1.165, 1.54) is 5.69 Å². The highest BCUT2D eigenvalue weighted by atomic mass is 79.9. The van der Waals surface area contributed by atoms with Crippen molar-refractivity contribution in [2.75, 3.05) is 13.2 Å². The van der Waals surface area contributed by atoms with Crippen LogP contribution in [0.3, 0.4) is 0 Å². The summed E-state index contributed by atoms with van der Waals surface area (Å²) in [6.07, 6.45) is 2.11. The summed E-state index contributed by atoms with van der Waals surface area (Å²) in [6.45, 7) is 7.91. The Balaban J connectivity index is 1.79. The van der Waals surface area contributed by atoms with E-state index in [-0.39, 0.29) is 0 Å². The molecule has 2 aromatic rings. The normalized spacial score (nSPS) is 11.0. The molecule has 1 aromatic heterocycles. The zero-order valence-corrected chi connectivity index (χ0v) is 14.3. The van der Waals surface area contributed by atoms with Gasteiger partial charge in [-0.3, -0.25) is 0 Å². The van der Waals surface area contributed by atoms with Gasteiger partial charge in [-0.25, -0.2) is 0 Å². The van der Waals surface area contributed by atoms with Crippen LogP contribution in [0, 0.1) is 5.92 Å². The lowest BCUT2D eigenvalue weighted by Crippen LogP contribution is -2.21. The maximum absolute atomic E-state index is 5.79. The predicted octanol–water partition coefficient (Wildman–Crippen LogP) is 4.08. The summed E-state index contributed by atoms with van der Waals surface area (Å²) in [5.74, 6) is 1.57. The average Bonchev–Trinajstić information content (AvgIpc) is 2.86. The second kappa shape index (κ2) is 8.25. The van der Waals surface area contributed by atoms with Crippen molar-refractivity contribution in [1.82, 2.24) is 9.88 Å². The first-order chi connectivity index (χ1) is 10.1. The lowest BCUT2D eigenvalue weighted by molar-refractivity contribution is 0.296. The molecule has 0 aliphatic rings. The molecular weight excluding hydrogens is 328 g/mol. The molecular formula is C17H23BrN2O. The maximum atomic E-state index is 5.79. The van der Waals surface area contributed by atoms with E-state index in [4.69, 9.17) is 4.74 Å². The molecule has 0 saturated carbocycles. The van der Waals surface area contributed by atoms with Crippen molar-refractivity contribution < 1.29 is 4.74 Å². The van der Waals surface area contributed by atoms with Crippen LogP contribution in [0.1, 0.15) is 19.5 Å². The van der Waals surface area contributed by atoms with Crippen molar-refractivity contribution in [3.8, 4) is 5.75 Å². The van der Waals surface area contributed by atoms with Crippen LogP contribution in [0.2, 0.25) is 0 Å². The van der Waals surface area contributed by atoms with E-state index >= 15 is 0 Å². The first-order valence-electron chi connectivity index (χ1n) is 7.38. The molecule has 0 aliphatic heterocycles. The maximum Gasteiger partial charge on any atom is 0.120 e. The summed E-state index contributed by atoms with van der Waals surface area (Å²) >= 11 is 3.45. The summed E-state index contributed by atoms with van der Waals surface area (Å²) < 4.78 is 9.07. The highest BCUT2D eigenvalue weighted by Gasteiger charge is 2.02. The molecule has 114 valence electrons. The molecule has 0 amide bonds. The molecule has 0 bridgehead atoms. The van der Waals surface area contributed by atoms with E-state index in [1.807, 2.05) is 24.3 Å². The largest absolute Gasteiger partial charge is 0.492 e. The molecule has 1 aromatic carbocycles. The van der Waals surface area contributed by atoms with E-state index in [1.54, 1.807) is 0 Å². The lowest BCUT2D eigenvalue weighted by atomic mass is 10.2. The van der Waals surface area contributed by atoms with Crippen LogP contribution in [-0.2, 0) is 13.1 Å².